The molecule has 1 aliphatic rings. The number of anilines is 1. The Kier molecular flexibility index (Phi) is 21.3. The van der Waals surface area contributed by atoms with Crippen molar-refractivity contribution in [3.63, 3.8) is 0 Å². The summed E-state index contributed by atoms with van der Waals surface area (Å²) < 4.78 is 33.0. The Morgan fingerprint density at radius 2 is 1.58 bits per heavy atom. The number of unbranched alkanes of at least 4 members (excludes halogenated alkanes) is 1. The van der Waals surface area contributed by atoms with Crippen LogP contribution < -0.4 is 37.6 Å². The number of carboxylic acid groups (broad SMARTS) is 1. The van der Waals surface area contributed by atoms with Crippen molar-refractivity contribution in [2.75, 3.05) is 45.6 Å². The van der Waals surface area contributed by atoms with Gasteiger partial charge in [-0.25, -0.2) is 18.4 Å². The number of nitrogens with zero attached hydrogens (tertiary/aromatic N) is 5. The van der Waals surface area contributed by atoms with E-state index >= 15 is 0 Å². The highest BCUT2D eigenvalue weighted by atomic mass is 19.3. The van der Waals surface area contributed by atoms with Gasteiger partial charge in [-0.05, 0) is 70.6 Å². The van der Waals surface area contributed by atoms with E-state index in [9.17, 15) is 57.5 Å². The van der Waals surface area contributed by atoms with Crippen LogP contribution in [-0.4, -0.2) is 149 Å². The van der Waals surface area contributed by atoms with Gasteiger partial charge < -0.3 is 57.3 Å². The number of nitrogens with two attached hydrogens (primary N) is 1. The fourth-order valence-electron chi connectivity index (χ4n) is 7.47. The van der Waals surface area contributed by atoms with Gasteiger partial charge in [0.05, 0.1) is 35.9 Å². The van der Waals surface area contributed by atoms with Gasteiger partial charge in [0.2, 0.25) is 29.5 Å². The van der Waals surface area contributed by atoms with E-state index in [1.54, 1.807) is 76.2 Å². The molecule has 0 radical (unpaired) electrons. The molecule has 0 spiro atoms. The number of hydrogen-bond acceptors (Lipinski definition) is 12. The summed E-state index contributed by atoms with van der Waals surface area (Å²) in [4.78, 5) is 116. The van der Waals surface area contributed by atoms with Gasteiger partial charge in [0, 0.05) is 64.5 Å². The van der Waals surface area contributed by atoms with Gasteiger partial charge in [-0.3, -0.25) is 38.7 Å². The van der Waals surface area contributed by atoms with Gasteiger partial charge in [0.25, 0.3) is 11.8 Å². The first-order chi connectivity index (χ1) is 34.5. The number of aromatic nitrogens is 1. The topological polar surface area (TPSA) is 320 Å². The number of carbonyl (C=O) groups is 8. The van der Waals surface area contributed by atoms with E-state index in [0.29, 0.717) is 18.4 Å². The number of aliphatic carboxylic acids is 1. The number of alkyl carbamates (subject to hydrolysis) is 1. The third kappa shape index (κ3) is 18.9. The molecule has 1 saturated heterocycles. The normalized spacial score (nSPS) is 15.4. The monoisotopic (exact) mass is 1020 g/mol. The van der Waals surface area contributed by atoms with E-state index < -0.39 is 109 Å². The number of carboxylic acids is 1. The molecule has 0 aliphatic carbocycles. The molecule has 2 aromatic carbocycles. The van der Waals surface area contributed by atoms with Crippen molar-refractivity contribution in [2.45, 2.75) is 114 Å². The lowest BCUT2D eigenvalue weighted by Gasteiger charge is -2.25. The number of nitriles is 1. The van der Waals surface area contributed by atoms with Crippen LogP contribution >= 0.6 is 0 Å². The highest BCUT2D eigenvalue weighted by molar-refractivity contribution is 6.11. The number of alkyl halides is 2. The molecule has 7 amide bonds. The van der Waals surface area contributed by atoms with Crippen molar-refractivity contribution < 1.29 is 57.0 Å². The Morgan fingerprint density at radius 1 is 0.904 bits per heavy atom. The number of para-hydroxylation sites is 1. The van der Waals surface area contributed by atoms with Crippen molar-refractivity contribution in [2.24, 2.45) is 10.7 Å². The van der Waals surface area contributed by atoms with Gasteiger partial charge in [-0.2, -0.15) is 5.26 Å². The maximum Gasteiger partial charge on any atom is 0.407 e. The summed E-state index contributed by atoms with van der Waals surface area (Å²) in [5.41, 5.74) is 6.26. The Balaban J connectivity index is 1.42. The molecule has 0 unspecified atom stereocenters. The number of benzene rings is 2. The number of rotatable bonds is 24. The number of pyridine rings is 1. The molecule has 2 heterocycles. The minimum atomic E-state index is -3.23. The molecule has 1 aromatic heterocycles. The first kappa shape index (κ1) is 57.6. The fourth-order valence-corrected chi connectivity index (χ4v) is 7.47. The summed E-state index contributed by atoms with van der Waals surface area (Å²) in [5.74, 6) is -8.84. The average Bonchev–Trinajstić information content (AvgIpc) is 3.66. The van der Waals surface area contributed by atoms with Gasteiger partial charge in [0.1, 0.15) is 29.8 Å². The van der Waals surface area contributed by atoms with Crippen LogP contribution in [0.15, 0.2) is 65.8 Å². The van der Waals surface area contributed by atoms with Gasteiger partial charge in [-0.1, -0.05) is 42.5 Å². The second kappa shape index (κ2) is 27.0. The first-order valence-corrected chi connectivity index (χ1v) is 23.6. The molecular weight excluding hydrogens is 955 g/mol. The smallest absolute Gasteiger partial charge is 0.407 e. The number of nitrogens with one attached hydrogen (secondary N) is 6. The van der Waals surface area contributed by atoms with E-state index in [4.69, 9.17) is 10.5 Å². The van der Waals surface area contributed by atoms with E-state index in [-0.39, 0.29) is 73.3 Å². The quantitative estimate of drug-likeness (QED) is 0.0364. The van der Waals surface area contributed by atoms with Crippen molar-refractivity contribution >= 4 is 70.1 Å². The predicted octanol–water partition coefficient (Wildman–Crippen LogP) is 2.58. The van der Waals surface area contributed by atoms with Crippen LogP contribution in [0, 0.1) is 11.3 Å². The van der Waals surface area contributed by atoms with Crippen LogP contribution in [0.2, 0.25) is 0 Å². The van der Waals surface area contributed by atoms with E-state index in [0.717, 1.165) is 4.90 Å². The highest BCUT2D eigenvalue weighted by Crippen LogP contribution is 2.32. The number of carbonyl (C=O) groups excluding carboxylic acids is 7. The zero-order chi connectivity index (χ0) is 53.9. The number of ether oxygens (including phenoxy) is 1. The molecule has 4 atom stereocenters. The SMILES string of the molecule is CN(C)C(N)=NCCC[C@H](NC(=O)CCC(=O)Nc1cccc2c(C(=O)NCC(=O)N3CC(F)(F)C[C@H]3C#N)ccnc12)C(=O)N[C@@H](Cc1ccccc1)C(=O)N[C@@H](CCCCNC(=O)OC(C)(C)C)C(=O)O. The zero-order valence-electron chi connectivity index (χ0n) is 41.5. The summed E-state index contributed by atoms with van der Waals surface area (Å²) in [6.45, 7) is 3.92. The molecule has 4 rings (SSSR count). The highest BCUT2D eigenvalue weighted by Gasteiger charge is 2.47. The van der Waals surface area contributed by atoms with Crippen molar-refractivity contribution in [1.82, 2.24) is 41.4 Å². The van der Waals surface area contributed by atoms with Crippen LogP contribution in [0.3, 0.4) is 0 Å². The number of hydrogen-bond donors (Lipinski definition) is 8. The Labute approximate surface area is 421 Å². The maximum absolute atomic E-state index is 14.1. The van der Waals surface area contributed by atoms with Crippen LogP contribution in [0.25, 0.3) is 10.9 Å². The van der Waals surface area contributed by atoms with Crippen molar-refractivity contribution in [3.05, 3.63) is 71.9 Å². The summed E-state index contributed by atoms with van der Waals surface area (Å²) in [5, 5.41) is 35.1. The Bertz CT molecular complexity index is 2530. The molecule has 24 heteroatoms. The molecule has 22 nitrogen and oxygen atoms in total. The predicted molar refractivity (Wildman–Crippen MR) is 264 cm³/mol. The summed E-state index contributed by atoms with van der Waals surface area (Å²) in [7, 11) is 3.39. The number of fused-ring (bicyclic) bond motifs is 1. The molecular formula is C49H64F2N12O10. The lowest BCUT2D eigenvalue weighted by Crippen LogP contribution is -2.56. The number of halogens is 2. The lowest BCUT2D eigenvalue weighted by molar-refractivity contribution is -0.142. The van der Waals surface area contributed by atoms with Crippen LogP contribution in [0.5, 0.6) is 0 Å². The summed E-state index contributed by atoms with van der Waals surface area (Å²) in [6, 6.07) is 11.0. The second-order valence-corrected chi connectivity index (χ2v) is 18.5. The summed E-state index contributed by atoms with van der Waals surface area (Å²) >= 11 is 0. The maximum atomic E-state index is 14.1. The largest absolute Gasteiger partial charge is 0.480 e. The minimum Gasteiger partial charge on any atom is -0.480 e. The molecule has 9 N–H and O–H groups in total. The minimum absolute atomic E-state index is 0.00431. The molecule has 1 aliphatic heterocycles. The van der Waals surface area contributed by atoms with Gasteiger partial charge >= 0.3 is 12.1 Å². The number of likely N-dealkylation sites (tertiary alicyclic amines) is 1. The second-order valence-electron chi connectivity index (χ2n) is 18.5. The van der Waals surface area contributed by atoms with E-state index in [2.05, 4.69) is 41.9 Å². The number of guanidine groups is 1. The average molecular weight is 1020 g/mol. The van der Waals surface area contributed by atoms with Gasteiger partial charge in [-0.15, -0.1) is 0 Å². The Morgan fingerprint density at radius 3 is 2.25 bits per heavy atom. The molecule has 3 aromatic rings. The van der Waals surface area contributed by atoms with Crippen LogP contribution in [0.4, 0.5) is 19.3 Å². The molecule has 0 saturated carbocycles. The van der Waals surface area contributed by atoms with Crippen LogP contribution in [0.1, 0.15) is 88.1 Å². The molecule has 73 heavy (non-hydrogen) atoms. The fraction of sp³-hybridized carbons (Fsp3) is 0.490. The van der Waals surface area contributed by atoms with Gasteiger partial charge in [0.15, 0.2) is 5.96 Å². The number of amides is 7. The third-order valence-electron chi connectivity index (χ3n) is 11.2. The zero-order valence-corrected chi connectivity index (χ0v) is 41.5. The first-order valence-electron chi connectivity index (χ1n) is 23.6. The Hall–Kier alpha value is -7.97. The van der Waals surface area contributed by atoms with Crippen molar-refractivity contribution in [3.8, 4) is 6.07 Å². The number of aliphatic imine (C=N–C) groups is 1. The van der Waals surface area contributed by atoms with E-state index in [1.165, 1.54) is 30.5 Å². The summed E-state index contributed by atoms with van der Waals surface area (Å²) in [6.07, 6.45) is -0.0165. The van der Waals surface area contributed by atoms with Crippen molar-refractivity contribution in [1.29, 1.82) is 5.26 Å². The van der Waals surface area contributed by atoms with E-state index in [1.807, 2.05) is 0 Å². The third-order valence-corrected chi connectivity index (χ3v) is 11.2. The molecule has 0 bridgehead atoms. The molecule has 394 valence electrons. The lowest BCUT2D eigenvalue weighted by atomic mass is 10.0. The molecule has 1 fully saturated rings. The van der Waals surface area contributed by atoms with Crippen LogP contribution in [-0.2, 0) is 39.9 Å². The standard InChI is InChI=1S/C49H64F2N12O10/c1-48(2,3)73-47(72)56-22-10-9-16-36(45(70)71)60-44(69)37(25-30-13-7-6-8-14-30)61-43(68)35(18-12-23-55-46(53)62(4)5)59-39(65)20-19-38(64)58-34-17-11-15-32-33(21-24-54-41(32)34)42(67)57-28-40(66)63-29-49(50,51)26-31(63)27-52/h6-8,11,13-15,17,21,24,31,35-37H,9-10,12,16,18-20,22-23,25-26,28-29H2,1-5H3,(H2,53,55)(H,56,72)(H,57,67)(H,58,64)(H,59,65)(H,60,69)(H,61,68)(H,70,71)/t31-,35-,36-,37-/m0/s1.